The lowest BCUT2D eigenvalue weighted by Gasteiger charge is -2.27. The summed E-state index contributed by atoms with van der Waals surface area (Å²) in [6.45, 7) is 0. The molecule has 0 aliphatic rings. The Morgan fingerprint density at radius 1 is 0.359 bits per heavy atom. The fraction of sp³-hybridized carbons (Fsp3) is 0. The average molecular weight is 813 g/mol. The van der Waals surface area contributed by atoms with Crippen molar-refractivity contribution in [3.8, 4) is 50.8 Å². The van der Waals surface area contributed by atoms with E-state index in [4.69, 9.17) is 15.0 Å². The highest BCUT2D eigenvalue weighted by atomic mass is 15.0. The topological polar surface area (TPSA) is 72.3 Å². The van der Waals surface area contributed by atoms with Crippen LogP contribution in [0.5, 0.6) is 0 Å². The minimum absolute atomic E-state index is 0.538. The largest absolute Gasteiger partial charge is 0.307 e. The van der Waals surface area contributed by atoms with Gasteiger partial charge in [0, 0.05) is 73.0 Å². The molecule has 9 aromatic carbocycles. The van der Waals surface area contributed by atoms with Crippen LogP contribution in [0, 0.1) is 11.3 Å². The van der Waals surface area contributed by atoms with Crippen molar-refractivity contribution in [1.29, 1.82) is 5.26 Å². The number of rotatable bonds is 5. The zero-order chi connectivity index (χ0) is 42.0. The predicted octanol–water partition coefficient (Wildman–Crippen LogP) is 14.4. The number of benzene rings is 9. The van der Waals surface area contributed by atoms with Crippen molar-refractivity contribution in [2.24, 2.45) is 0 Å². The monoisotopic (exact) mass is 812 g/mol. The summed E-state index contributed by atoms with van der Waals surface area (Å²) in [5, 5.41) is 23.3. The summed E-state index contributed by atoms with van der Waals surface area (Å²) in [7, 11) is 0. The Hall–Kier alpha value is -8.92. The third kappa shape index (κ3) is 4.49. The van der Waals surface area contributed by atoms with Gasteiger partial charge in [0.2, 0.25) is 0 Å². The predicted molar refractivity (Wildman–Crippen MR) is 262 cm³/mol. The van der Waals surface area contributed by atoms with E-state index in [-0.39, 0.29) is 0 Å². The molecule has 6 nitrogen and oxygen atoms in total. The Bertz CT molecular complexity index is 3820. The van der Waals surface area contributed by atoms with Crippen molar-refractivity contribution in [3.63, 3.8) is 0 Å². The lowest BCUT2D eigenvalue weighted by molar-refractivity contribution is 1.12. The van der Waals surface area contributed by atoms with Gasteiger partial charge in [-0.2, -0.15) is 5.26 Å². The van der Waals surface area contributed by atoms with E-state index in [2.05, 4.69) is 185 Å². The van der Waals surface area contributed by atoms with Gasteiger partial charge in [-0.3, -0.25) is 15.0 Å². The summed E-state index contributed by atoms with van der Waals surface area (Å²) in [4.78, 5) is 15.1. The van der Waals surface area contributed by atoms with Gasteiger partial charge in [-0.05, 0) is 51.0 Å². The lowest BCUT2D eigenvalue weighted by Crippen LogP contribution is -2.11. The second-order valence-electron chi connectivity index (χ2n) is 16.6. The van der Waals surface area contributed by atoms with Crippen molar-refractivity contribution in [2.75, 3.05) is 0 Å². The molecule has 0 unspecified atom stereocenters. The third-order valence-electron chi connectivity index (χ3n) is 13.4. The first-order valence-electron chi connectivity index (χ1n) is 21.5. The molecule has 5 aromatic heterocycles. The van der Waals surface area contributed by atoms with Crippen LogP contribution in [-0.4, -0.2) is 24.1 Å². The Kier molecular flexibility index (Phi) is 7.08. The van der Waals surface area contributed by atoms with Crippen LogP contribution in [-0.2, 0) is 0 Å². The van der Waals surface area contributed by atoms with Gasteiger partial charge in [0.25, 0.3) is 0 Å². The highest BCUT2D eigenvalue weighted by molar-refractivity contribution is 6.35. The van der Waals surface area contributed by atoms with Crippen LogP contribution in [0.1, 0.15) is 5.56 Å². The van der Waals surface area contributed by atoms with Crippen LogP contribution >= 0.6 is 0 Å². The maximum atomic E-state index is 12.3. The van der Waals surface area contributed by atoms with Crippen LogP contribution in [0.3, 0.4) is 0 Å². The van der Waals surface area contributed by atoms with Crippen molar-refractivity contribution in [2.45, 2.75) is 0 Å². The van der Waals surface area contributed by atoms with E-state index in [1.54, 1.807) is 0 Å². The first kappa shape index (κ1) is 34.8. The molecule has 64 heavy (non-hydrogen) atoms. The highest BCUT2D eigenvalue weighted by Crippen LogP contribution is 2.54. The van der Waals surface area contributed by atoms with Crippen LogP contribution in [0.4, 0.5) is 0 Å². The molecule has 0 radical (unpaired) electrons. The van der Waals surface area contributed by atoms with E-state index >= 15 is 0 Å². The molecular formula is C58H32N6. The van der Waals surface area contributed by atoms with E-state index in [0.717, 1.165) is 121 Å². The quantitative estimate of drug-likeness (QED) is 0.162. The van der Waals surface area contributed by atoms with Gasteiger partial charge < -0.3 is 9.13 Å². The van der Waals surface area contributed by atoms with Gasteiger partial charge in [-0.15, -0.1) is 0 Å². The number of fused-ring (bicyclic) bond motifs is 6. The van der Waals surface area contributed by atoms with Gasteiger partial charge in [-0.25, -0.2) is 0 Å². The molecule has 6 heteroatoms. The minimum atomic E-state index is 0.538. The summed E-state index contributed by atoms with van der Waals surface area (Å²) in [5.74, 6) is 0. The van der Waals surface area contributed by atoms with Crippen molar-refractivity contribution in [3.05, 3.63) is 200 Å². The highest BCUT2D eigenvalue weighted by Gasteiger charge is 2.33. The molecule has 294 valence electrons. The second-order valence-corrected chi connectivity index (χ2v) is 16.6. The molecule has 5 heterocycles. The second kappa shape index (κ2) is 13.0. The molecule has 0 amide bonds. The van der Waals surface area contributed by atoms with Crippen LogP contribution in [0.15, 0.2) is 195 Å². The van der Waals surface area contributed by atoms with Crippen LogP contribution in [0.2, 0.25) is 0 Å². The van der Waals surface area contributed by atoms with Gasteiger partial charge >= 0.3 is 0 Å². The summed E-state index contributed by atoms with van der Waals surface area (Å²) in [6.07, 6.45) is 7.79. The molecule has 14 aromatic rings. The smallest absolute Gasteiger partial charge is 0.104 e. The molecule has 14 rings (SSSR count). The molecule has 0 saturated carbocycles. The van der Waals surface area contributed by atoms with E-state index in [1.807, 2.05) is 24.8 Å². The first-order valence-corrected chi connectivity index (χ1v) is 21.5. The van der Waals surface area contributed by atoms with Gasteiger partial charge in [-0.1, -0.05) is 152 Å². The SMILES string of the molecule is N#Cc1c(-n2c3cccc4c5ccccc5c5cncc2c5c43)c(-c2ccccc2)c(-c2ccccc2)c(-c2ccccc2)c1-n1c2ccnc3c4ccccc4c4nccc1c4c32. The Morgan fingerprint density at radius 3 is 1.34 bits per heavy atom. The molecule has 0 saturated heterocycles. The number of hydrogen-bond donors (Lipinski definition) is 0. The maximum Gasteiger partial charge on any atom is 0.104 e. The average Bonchev–Trinajstić information content (AvgIpc) is 3.89. The Balaban J connectivity index is 1.30. The zero-order valence-electron chi connectivity index (χ0n) is 34.2. The van der Waals surface area contributed by atoms with Crippen molar-refractivity contribution < 1.29 is 0 Å². The first-order chi connectivity index (χ1) is 31.8. The molecule has 0 aliphatic heterocycles. The molecule has 0 N–H and O–H groups in total. The number of hydrogen-bond acceptors (Lipinski definition) is 4. The fourth-order valence-corrected chi connectivity index (χ4v) is 11.0. The molecule has 0 spiro atoms. The molecule has 0 atom stereocenters. The number of aromatic nitrogens is 5. The zero-order valence-corrected chi connectivity index (χ0v) is 34.2. The lowest BCUT2D eigenvalue weighted by atomic mass is 9.82. The van der Waals surface area contributed by atoms with E-state index in [9.17, 15) is 5.26 Å². The van der Waals surface area contributed by atoms with E-state index in [1.165, 1.54) is 10.8 Å². The summed E-state index contributed by atoms with van der Waals surface area (Å²) >= 11 is 0. The van der Waals surface area contributed by atoms with Gasteiger partial charge in [0.15, 0.2) is 0 Å². The molecule has 0 aliphatic carbocycles. The maximum absolute atomic E-state index is 12.3. The molecule has 0 fully saturated rings. The van der Waals surface area contributed by atoms with Crippen LogP contribution in [0.25, 0.3) is 132 Å². The summed E-state index contributed by atoms with van der Waals surface area (Å²) < 4.78 is 4.67. The number of nitrogens with zero attached hydrogens (tertiary/aromatic N) is 6. The third-order valence-corrected chi connectivity index (χ3v) is 13.4. The van der Waals surface area contributed by atoms with Gasteiger partial charge in [0.1, 0.15) is 11.6 Å². The number of pyridine rings is 3. The molecular weight excluding hydrogens is 781 g/mol. The van der Waals surface area contributed by atoms with Crippen molar-refractivity contribution in [1.82, 2.24) is 24.1 Å². The Morgan fingerprint density at radius 2 is 0.797 bits per heavy atom. The standard InChI is InChI=1S/C58H32N6/c59-31-42-57(63-45-27-29-61-55-40-23-12-13-24-41(40)56-54(53(45)55)46(63)28-30-62-56)49(35-17-6-2-7-18-35)48(34-15-4-1-5-16-34)50(36-19-8-3-9-20-36)58(42)64-44-26-14-25-39-37-21-10-11-22-38(37)43-32-60-33-47(64)52(43)51(39)44/h1-30,32-33H. The molecule has 0 bridgehead atoms. The van der Waals surface area contributed by atoms with E-state index in [0.29, 0.717) is 5.56 Å². The minimum Gasteiger partial charge on any atom is -0.307 e. The number of nitriles is 1. The van der Waals surface area contributed by atoms with Gasteiger partial charge in [0.05, 0.1) is 50.7 Å². The normalized spacial score (nSPS) is 12.0. The fourth-order valence-electron chi connectivity index (χ4n) is 11.0. The van der Waals surface area contributed by atoms with Crippen LogP contribution < -0.4 is 0 Å². The Labute approximate surface area is 365 Å². The summed E-state index contributed by atoms with van der Waals surface area (Å²) in [5.41, 5.74) is 13.8. The van der Waals surface area contributed by atoms with E-state index < -0.39 is 0 Å². The van der Waals surface area contributed by atoms with Crippen molar-refractivity contribution >= 4 is 87.0 Å². The summed E-state index contributed by atoms with van der Waals surface area (Å²) in [6, 6.07) is 62.6.